The number of hydrogen-bond donors (Lipinski definition) is 1. The fraction of sp³-hybridized carbons (Fsp3) is 0.857. The molecule has 1 saturated carbocycles. The second-order valence-corrected chi connectivity index (χ2v) is 5.64. The zero-order valence-corrected chi connectivity index (χ0v) is 11.8. The SMILES string of the molecule is CC(C(=O)NC1CCCC1)N1CCN(CC#N)CC1. The third-order valence-electron chi connectivity index (χ3n) is 4.33. The van der Waals surface area contributed by atoms with E-state index in [0.717, 1.165) is 39.0 Å². The molecule has 5 nitrogen and oxygen atoms in total. The molecule has 1 aliphatic carbocycles. The van der Waals surface area contributed by atoms with E-state index in [2.05, 4.69) is 21.2 Å². The Morgan fingerprint density at radius 3 is 2.53 bits per heavy atom. The minimum atomic E-state index is -0.0511. The molecule has 0 aromatic rings. The number of nitrogens with zero attached hydrogens (tertiary/aromatic N) is 3. The first kappa shape index (κ1) is 14.3. The van der Waals surface area contributed by atoms with E-state index in [1.165, 1.54) is 12.8 Å². The van der Waals surface area contributed by atoms with Crippen molar-refractivity contribution in [1.82, 2.24) is 15.1 Å². The number of nitriles is 1. The molecule has 1 atom stereocenters. The Morgan fingerprint density at radius 2 is 1.95 bits per heavy atom. The molecular weight excluding hydrogens is 240 g/mol. The van der Waals surface area contributed by atoms with Gasteiger partial charge in [0.15, 0.2) is 0 Å². The van der Waals surface area contributed by atoms with E-state index in [4.69, 9.17) is 5.26 Å². The number of amides is 1. The number of hydrogen-bond acceptors (Lipinski definition) is 4. The van der Waals surface area contributed by atoms with Crippen LogP contribution in [-0.2, 0) is 4.79 Å². The van der Waals surface area contributed by atoms with Gasteiger partial charge in [0.25, 0.3) is 0 Å². The monoisotopic (exact) mass is 264 g/mol. The number of rotatable bonds is 4. The summed E-state index contributed by atoms with van der Waals surface area (Å²) < 4.78 is 0. The van der Waals surface area contributed by atoms with Crippen LogP contribution in [0, 0.1) is 11.3 Å². The van der Waals surface area contributed by atoms with E-state index in [1.807, 2.05) is 6.92 Å². The van der Waals surface area contributed by atoms with Crippen LogP contribution in [0.2, 0.25) is 0 Å². The minimum absolute atomic E-state index is 0.0511. The highest BCUT2D eigenvalue weighted by molar-refractivity contribution is 5.81. The van der Waals surface area contributed by atoms with Crippen LogP contribution in [0.15, 0.2) is 0 Å². The van der Waals surface area contributed by atoms with Crippen molar-refractivity contribution in [3.63, 3.8) is 0 Å². The molecule has 2 rings (SSSR count). The predicted molar refractivity (Wildman–Crippen MR) is 73.5 cm³/mol. The molecule has 0 spiro atoms. The summed E-state index contributed by atoms with van der Waals surface area (Å²) in [6, 6.07) is 2.53. The number of carbonyl (C=O) groups is 1. The van der Waals surface area contributed by atoms with E-state index in [0.29, 0.717) is 12.6 Å². The molecule has 1 unspecified atom stereocenters. The van der Waals surface area contributed by atoms with Gasteiger partial charge in [-0.2, -0.15) is 5.26 Å². The highest BCUT2D eigenvalue weighted by Crippen LogP contribution is 2.18. The lowest BCUT2D eigenvalue weighted by Gasteiger charge is -2.36. The molecule has 1 amide bonds. The summed E-state index contributed by atoms with van der Waals surface area (Å²) in [4.78, 5) is 16.5. The molecule has 2 fully saturated rings. The maximum Gasteiger partial charge on any atom is 0.237 e. The molecule has 0 aromatic carbocycles. The van der Waals surface area contributed by atoms with Crippen LogP contribution in [0.3, 0.4) is 0 Å². The summed E-state index contributed by atoms with van der Waals surface area (Å²) in [5.74, 6) is 0.167. The molecule has 1 heterocycles. The first-order chi connectivity index (χ1) is 9.20. The maximum absolute atomic E-state index is 12.2. The lowest BCUT2D eigenvalue weighted by molar-refractivity contribution is -0.127. The molecular formula is C14H24N4O. The summed E-state index contributed by atoms with van der Waals surface area (Å²) in [5, 5.41) is 11.8. The summed E-state index contributed by atoms with van der Waals surface area (Å²) in [6.45, 7) is 6.01. The molecule has 1 aliphatic heterocycles. The van der Waals surface area contributed by atoms with E-state index in [1.54, 1.807) is 0 Å². The van der Waals surface area contributed by atoms with Gasteiger partial charge in [0, 0.05) is 32.2 Å². The average Bonchev–Trinajstić information content (AvgIpc) is 2.92. The van der Waals surface area contributed by atoms with Gasteiger partial charge < -0.3 is 5.32 Å². The van der Waals surface area contributed by atoms with Gasteiger partial charge in [-0.05, 0) is 19.8 Å². The van der Waals surface area contributed by atoms with Crippen molar-refractivity contribution >= 4 is 5.91 Å². The molecule has 106 valence electrons. The molecule has 2 aliphatic rings. The Labute approximate surface area is 115 Å². The van der Waals surface area contributed by atoms with Crippen LogP contribution < -0.4 is 5.32 Å². The van der Waals surface area contributed by atoms with Gasteiger partial charge in [-0.3, -0.25) is 14.6 Å². The molecule has 5 heteroatoms. The third-order valence-corrected chi connectivity index (χ3v) is 4.33. The summed E-state index contributed by atoms with van der Waals surface area (Å²) >= 11 is 0. The first-order valence-electron chi connectivity index (χ1n) is 7.34. The second kappa shape index (κ2) is 6.88. The standard InChI is InChI=1S/C14H24N4O/c1-12(14(19)16-13-4-2-3-5-13)18-10-8-17(7-6-15)9-11-18/h12-13H,2-5,7-11H2,1H3,(H,16,19). The third kappa shape index (κ3) is 3.92. The van der Waals surface area contributed by atoms with Gasteiger partial charge in [-0.15, -0.1) is 0 Å². The Hall–Kier alpha value is -1.12. The fourth-order valence-corrected chi connectivity index (χ4v) is 2.97. The molecule has 1 saturated heterocycles. The molecule has 0 bridgehead atoms. The minimum Gasteiger partial charge on any atom is -0.352 e. The summed E-state index contributed by atoms with van der Waals surface area (Å²) in [7, 11) is 0. The van der Waals surface area contributed by atoms with Crippen LogP contribution in [-0.4, -0.2) is 60.5 Å². The summed E-state index contributed by atoms with van der Waals surface area (Å²) in [6.07, 6.45) is 4.75. The van der Waals surface area contributed by atoms with E-state index in [9.17, 15) is 4.79 Å². The Morgan fingerprint density at radius 1 is 1.32 bits per heavy atom. The molecule has 1 N–H and O–H groups in total. The van der Waals surface area contributed by atoms with Gasteiger partial charge >= 0.3 is 0 Å². The lowest BCUT2D eigenvalue weighted by atomic mass is 10.2. The van der Waals surface area contributed by atoms with Crippen molar-refractivity contribution in [2.45, 2.75) is 44.7 Å². The summed E-state index contributed by atoms with van der Waals surface area (Å²) in [5.41, 5.74) is 0. The quantitative estimate of drug-likeness (QED) is 0.754. The number of nitrogens with one attached hydrogen (secondary N) is 1. The Bertz CT molecular complexity index is 338. The van der Waals surface area contributed by atoms with Gasteiger partial charge in [-0.1, -0.05) is 12.8 Å². The Balaban J connectivity index is 1.75. The zero-order valence-electron chi connectivity index (χ0n) is 11.8. The van der Waals surface area contributed by atoms with E-state index >= 15 is 0 Å². The lowest BCUT2D eigenvalue weighted by Crippen LogP contribution is -2.54. The van der Waals surface area contributed by atoms with Crippen LogP contribution in [0.4, 0.5) is 0 Å². The largest absolute Gasteiger partial charge is 0.352 e. The Kier molecular flexibility index (Phi) is 5.17. The van der Waals surface area contributed by atoms with Crippen molar-refractivity contribution in [1.29, 1.82) is 5.26 Å². The number of piperazine rings is 1. The fourth-order valence-electron chi connectivity index (χ4n) is 2.97. The van der Waals surface area contributed by atoms with Gasteiger partial charge in [0.05, 0.1) is 18.7 Å². The van der Waals surface area contributed by atoms with Crippen molar-refractivity contribution in [2.24, 2.45) is 0 Å². The highest BCUT2D eigenvalue weighted by Gasteiger charge is 2.27. The average molecular weight is 264 g/mol. The number of carbonyl (C=O) groups excluding carboxylic acids is 1. The predicted octanol–water partition coefficient (Wildman–Crippen LogP) is 0.575. The smallest absolute Gasteiger partial charge is 0.237 e. The zero-order chi connectivity index (χ0) is 13.7. The van der Waals surface area contributed by atoms with Gasteiger partial charge in [0.2, 0.25) is 5.91 Å². The van der Waals surface area contributed by atoms with Gasteiger partial charge in [-0.25, -0.2) is 0 Å². The van der Waals surface area contributed by atoms with Gasteiger partial charge in [0.1, 0.15) is 0 Å². The highest BCUT2D eigenvalue weighted by atomic mass is 16.2. The van der Waals surface area contributed by atoms with Crippen molar-refractivity contribution < 1.29 is 4.79 Å². The van der Waals surface area contributed by atoms with Crippen molar-refractivity contribution in [2.75, 3.05) is 32.7 Å². The normalized spacial score (nSPS) is 24.0. The van der Waals surface area contributed by atoms with Crippen LogP contribution in [0.5, 0.6) is 0 Å². The van der Waals surface area contributed by atoms with E-state index in [-0.39, 0.29) is 11.9 Å². The van der Waals surface area contributed by atoms with Crippen molar-refractivity contribution in [3.05, 3.63) is 0 Å². The molecule has 19 heavy (non-hydrogen) atoms. The van der Waals surface area contributed by atoms with E-state index < -0.39 is 0 Å². The molecule has 0 radical (unpaired) electrons. The maximum atomic E-state index is 12.2. The molecule has 0 aromatic heterocycles. The van der Waals surface area contributed by atoms with Crippen LogP contribution >= 0.6 is 0 Å². The topological polar surface area (TPSA) is 59.4 Å². The van der Waals surface area contributed by atoms with Crippen LogP contribution in [0.25, 0.3) is 0 Å². The van der Waals surface area contributed by atoms with Crippen molar-refractivity contribution in [3.8, 4) is 6.07 Å². The van der Waals surface area contributed by atoms with Crippen LogP contribution in [0.1, 0.15) is 32.6 Å². The second-order valence-electron chi connectivity index (χ2n) is 5.64. The first-order valence-corrected chi connectivity index (χ1v) is 7.34.